The maximum absolute atomic E-state index is 15.0. The third-order valence-electron chi connectivity index (χ3n) is 6.62. The summed E-state index contributed by atoms with van der Waals surface area (Å²) in [4.78, 5) is 23.1. The standard InChI is InChI=1S/C24H23F2N5O3S/c1-11-22-29-21(23(33)28-12-8-13(32)9-12)30-31(22)24-18(14-10-34-7-3-6-17(14)35-24)20(27-11)19-15(25)4-2-5-16(19)26/h2,4-5,11-13,32H,3,6-10H2,1H3,(H,28,33)/t11-,12-,13-/m0/s1. The molecular formula is C24H23F2N5O3S. The molecule has 1 amide bonds. The van der Waals surface area contributed by atoms with Gasteiger partial charge in [0.1, 0.15) is 22.7 Å². The Hall–Kier alpha value is -3.02. The average molecular weight is 500 g/mol. The van der Waals surface area contributed by atoms with Gasteiger partial charge in [-0.25, -0.2) is 18.4 Å². The van der Waals surface area contributed by atoms with E-state index >= 15 is 0 Å². The number of hydrogen-bond acceptors (Lipinski definition) is 7. The quantitative estimate of drug-likeness (QED) is 0.576. The molecule has 0 spiro atoms. The number of benzene rings is 1. The predicted molar refractivity (Wildman–Crippen MR) is 124 cm³/mol. The number of nitrogens with zero attached hydrogens (tertiary/aromatic N) is 4. The molecule has 2 aromatic heterocycles. The Morgan fingerprint density at radius 1 is 1.26 bits per heavy atom. The van der Waals surface area contributed by atoms with Gasteiger partial charge >= 0.3 is 0 Å². The number of aryl methyl sites for hydroxylation is 1. The topological polar surface area (TPSA) is 102 Å². The summed E-state index contributed by atoms with van der Waals surface area (Å²) in [6.07, 6.45) is 2.19. The molecule has 0 radical (unpaired) electrons. The van der Waals surface area contributed by atoms with E-state index < -0.39 is 29.7 Å². The number of hydrogen-bond donors (Lipinski definition) is 2. The van der Waals surface area contributed by atoms with Crippen LogP contribution in [0.15, 0.2) is 23.2 Å². The maximum Gasteiger partial charge on any atom is 0.291 e. The lowest BCUT2D eigenvalue weighted by atomic mass is 9.89. The van der Waals surface area contributed by atoms with E-state index in [1.165, 1.54) is 29.5 Å². The molecular weight excluding hydrogens is 476 g/mol. The first-order valence-corrected chi connectivity index (χ1v) is 12.4. The Morgan fingerprint density at radius 3 is 2.77 bits per heavy atom. The number of amides is 1. The smallest absolute Gasteiger partial charge is 0.291 e. The third kappa shape index (κ3) is 3.78. The van der Waals surface area contributed by atoms with Crippen molar-refractivity contribution in [3.8, 4) is 5.00 Å². The molecule has 6 rings (SSSR count). The molecule has 0 bridgehead atoms. The number of carbonyl (C=O) groups excluding carboxylic acids is 1. The summed E-state index contributed by atoms with van der Waals surface area (Å²) in [5.41, 5.74) is 1.42. The van der Waals surface area contributed by atoms with Crippen molar-refractivity contribution in [3.63, 3.8) is 0 Å². The van der Waals surface area contributed by atoms with Gasteiger partial charge in [-0.3, -0.25) is 9.79 Å². The van der Waals surface area contributed by atoms with Gasteiger partial charge in [-0.15, -0.1) is 16.4 Å². The number of carbonyl (C=O) groups is 1. The van der Waals surface area contributed by atoms with Crippen molar-refractivity contribution in [2.45, 2.75) is 57.4 Å². The SMILES string of the molecule is C[C@@H]1N=C(c2c(F)cccc2F)c2c(sc3c2COCCC3)-n2nc(C(=O)N[C@H]3C[C@H](O)C3)nc21. The zero-order chi connectivity index (χ0) is 24.3. The lowest BCUT2D eigenvalue weighted by molar-refractivity contribution is 0.0558. The first kappa shape index (κ1) is 22.4. The molecule has 1 atom stereocenters. The fourth-order valence-electron chi connectivity index (χ4n) is 4.78. The second-order valence-electron chi connectivity index (χ2n) is 9.09. The van der Waals surface area contributed by atoms with E-state index in [1.54, 1.807) is 11.6 Å². The molecule has 3 aliphatic rings. The molecule has 4 heterocycles. The summed E-state index contributed by atoms with van der Waals surface area (Å²) >= 11 is 1.46. The minimum absolute atomic E-state index is 0.00486. The number of halogens is 2. The first-order valence-electron chi connectivity index (χ1n) is 11.6. The molecule has 0 unspecified atom stereocenters. The van der Waals surface area contributed by atoms with E-state index in [4.69, 9.17) is 9.73 Å². The molecule has 35 heavy (non-hydrogen) atoms. The Balaban J connectivity index is 1.51. The number of aromatic nitrogens is 3. The first-order chi connectivity index (χ1) is 16.9. The fraction of sp³-hybridized carbons (Fsp3) is 0.417. The highest BCUT2D eigenvalue weighted by Crippen LogP contribution is 2.40. The number of aliphatic hydroxyl groups excluding tert-OH is 1. The van der Waals surface area contributed by atoms with E-state index in [2.05, 4.69) is 15.4 Å². The van der Waals surface area contributed by atoms with Crippen LogP contribution in [0.1, 0.15) is 70.2 Å². The van der Waals surface area contributed by atoms with Gasteiger partial charge in [0, 0.05) is 28.7 Å². The Bertz CT molecular complexity index is 1340. The molecule has 0 saturated heterocycles. The monoisotopic (exact) mass is 499 g/mol. The van der Waals surface area contributed by atoms with Gasteiger partial charge in [0.2, 0.25) is 5.82 Å². The molecule has 1 fully saturated rings. The number of fused-ring (bicyclic) bond motifs is 5. The van der Waals surface area contributed by atoms with Gasteiger partial charge in [-0.05, 0) is 44.7 Å². The lowest BCUT2D eigenvalue weighted by Crippen LogP contribution is -2.47. The van der Waals surface area contributed by atoms with Gasteiger partial charge in [0.15, 0.2) is 5.82 Å². The van der Waals surface area contributed by atoms with Crippen molar-refractivity contribution in [1.29, 1.82) is 0 Å². The van der Waals surface area contributed by atoms with Crippen molar-refractivity contribution < 1.29 is 23.4 Å². The minimum Gasteiger partial charge on any atom is -0.393 e. The molecule has 11 heteroatoms. The zero-order valence-corrected chi connectivity index (χ0v) is 19.7. The summed E-state index contributed by atoms with van der Waals surface area (Å²) < 4.78 is 37.3. The minimum atomic E-state index is -0.702. The van der Waals surface area contributed by atoms with Gasteiger partial charge in [-0.2, -0.15) is 0 Å². The number of aliphatic imine (C=N–C) groups is 1. The molecule has 182 valence electrons. The van der Waals surface area contributed by atoms with Crippen LogP contribution >= 0.6 is 11.3 Å². The predicted octanol–water partition coefficient (Wildman–Crippen LogP) is 3.23. The fourth-order valence-corrected chi connectivity index (χ4v) is 6.09. The summed E-state index contributed by atoms with van der Waals surface area (Å²) in [6.45, 7) is 2.66. The number of aliphatic hydroxyl groups is 1. The number of ether oxygens (including phenoxy) is 1. The van der Waals surface area contributed by atoms with Crippen LogP contribution in [0.4, 0.5) is 8.78 Å². The summed E-state index contributed by atoms with van der Waals surface area (Å²) in [5.74, 6) is -1.43. The van der Waals surface area contributed by atoms with Crippen molar-refractivity contribution in [3.05, 3.63) is 63.0 Å². The van der Waals surface area contributed by atoms with Gasteiger partial charge < -0.3 is 15.2 Å². The van der Waals surface area contributed by atoms with Crippen LogP contribution in [0.5, 0.6) is 0 Å². The summed E-state index contributed by atoms with van der Waals surface area (Å²) in [5, 5.41) is 17.5. The average Bonchev–Trinajstić information content (AvgIpc) is 3.29. The second-order valence-corrected chi connectivity index (χ2v) is 10.2. The van der Waals surface area contributed by atoms with Crippen molar-refractivity contribution >= 4 is 23.0 Å². The van der Waals surface area contributed by atoms with E-state index in [0.717, 1.165) is 23.3 Å². The largest absolute Gasteiger partial charge is 0.393 e. The van der Waals surface area contributed by atoms with E-state index in [0.29, 0.717) is 42.4 Å². The summed E-state index contributed by atoms with van der Waals surface area (Å²) in [6, 6.07) is 3.02. The van der Waals surface area contributed by atoms with Crippen LogP contribution in [-0.4, -0.2) is 50.2 Å². The molecule has 1 saturated carbocycles. The Labute approximate surface area is 203 Å². The highest BCUT2D eigenvalue weighted by Gasteiger charge is 2.35. The Morgan fingerprint density at radius 2 is 2.03 bits per heavy atom. The van der Waals surface area contributed by atoms with E-state index in [9.17, 15) is 18.7 Å². The van der Waals surface area contributed by atoms with Crippen LogP contribution < -0.4 is 5.32 Å². The van der Waals surface area contributed by atoms with Gasteiger partial charge in [-0.1, -0.05) is 6.07 Å². The molecule has 1 aromatic carbocycles. The molecule has 2 N–H and O–H groups in total. The lowest BCUT2D eigenvalue weighted by Gasteiger charge is -2.31. The molecule has 2 aliphatic heterocycles. The van der Waals surface area contributed by atoms with Crippen LogP contribution in [0.25, 0.3) is 5.00 Å². The number of nitrogens with one attached hydrogen (secondary N) is 1. The van der Waals surface area contributed by atoms with Crippen LogP contribution in [-0.2, 0) is 17.8 Å². The van der Waals surface area contributed by atoms with Gasteiger partial charge in [0.25, 0.3) is 5.91 Å². The van der Waals surface area contributed by atoms with Crippen LogP contribution in [0.3, 0.4) is 0 Å². The highest BCUT2D eigenvalue weighted by atomic mass is 32.1. The second kappa shape index (κ2) is 8.58. The zero-order valence-electron chi connectivity index (χ0n) is 18.9. The van der Waals surface area contributed by atoms with Crippen molar-refractivity contribution in [2.75, 3.05) is 6.61 Å². The van der Waals surface area contributed by atoms with E-state index in [1.807, 2.05) is 0 Å². The molecule has 8 nitrogen and oxygen atoms in total. The normalized spacial score (nSPS) is 23.2. The molecule has 3 aromatic rings. The number of thiophene rings is 1. The number of rotatable bonds is 3. The highest BCUT2D eigenvalue weighted by molar-refractivity contribution is 7.15. The van der Waals surface area contributed by atoms with E-state index in [-0.39, 0.29) is 23.1 Å². The molecule has 1 aliphatic carbocycles. The maximum atomic E-state index is 15.0. The van der Waals surface area contributed by atoms with Crippen molar-refractivity contribution in [1.82, 2.24) is 20.1 Å². The Kier molecular flexibility index (Phi) is 5.50. The van der Waals surface area contributed by atoms with Crippen LogP contribution in [0, 0.1) is 11.6 Å². The van der Waals surface area contributed by atoms with Gasteiger partial charge in [0.05, 0.1) is 24.0 Å². The van der Waals surface area contributed by atoms with Crippen LogP contribution in [0.2, 0.25) is 0 Å². The van der Waals surface area contributed by atoms with Crippen molar-refractivity contribution in [2.24, 2.45) is 4.99 Å². The summed E-state index contributed by atoms with van der Waals surface area (Å²) in [7, 11) is 0. The third-order valence-corrected chi connectivity index (χ3v) is 7.89.